The molecule has 0 atom stereocenters. The Balaban J connectivity index is 1.12. The number of aromatic nitrogens is 3. The molecule has 1 aliphatic rings. The van der Waals surface area contributed by atoms with Crippen LogP contribution in [-0.4, -0.2) is 41.1 Å². The maximum absolute atomic E-state index is 4.84. The molecule has 1 aliphatic carbocycles. The second kappa shape index (κ2) is 10.2. The number of rotatable bonds is 7. The van der Waals surface area contributed by atoms with Crippen molar-refractivity contribution >= 4 is 33.6 Å². The third-order valence-corrected chi connectivity index (χ3v) is 7.51. The highest BCUT2D eigenvalue weighted by molar-refractivity contribution is 5.91. The Morgan fingerprint density at radius 3 is 2.24 bits per heavy atom. The number of fused-ring (bicyclic) bond motifs is 2. The Hall–Kier alpha value is -3.90. The molecular formula is C31H34N6. The summed E-state index contributed by atoms with van der Waals surface area (Å²) in [5.41, 5.74) is 5.97. The summed E-state index contributed by atoms with van der Waals surface area (Å²) in [5, 5.41) is 9.89. The van der Waals surface area contributed by atoms with Gasteiger partial charge in [0.05, 0.1) is 11.2 Å². The van der Waals surface area contributed by atoms with Crippen LogP contribution in [-0.2, 0) is 6.54 Å². The van der Waals surface area contributed by atoms with Crippen LogP contribution in [0, 0.1) is 0 Å². The van der Waals surface area contributed by atoms with Crippen molar-refractivity contribution < 1.29 is 0 Å². The van der Waals surface area contributed by atoms with Gasteiger partial charge in [-0.2, -0.15) is 4.98 Å². The van der Waals surface area contributed by atoms with Crippen LogP contribution in [0.4, 0.5) is 11.8 Å². The van der Waals surface area contributed by atoms with E-state index in [2.05, 4.69) is 87.2 Å². The van der Waals surface area contributed by atoms with E-state index >= 15 is 0 Å². The largest absolute Gasteiger partial charge is 0.362 e. The zero-order valence-electron chi connectivity index (χ0n) is 21.5. The predicted octanol–water partition coefficient (Wildman–Crippen LogP) is 6.36. The molecule has 6 heteroatoms. The number of nitrogens with one attached hydrogen (secondary N) is 3. The van der Waals surface area contributed by atoms with Gasteiger partial charge < -0.3 is 20.5 Å². The van der Waals surface area contributed by atoms with E-state index in [0.29, 0.717) is 12.1 Å². The van der Waals surface area contributed by atoms with Crippen molar-refractivity contribution in [2.24, 2.45) is 0 Å². The van der Waals surface area contributed by atoms with Gasteiger partial charge in [-0.05, 0) is 55.0 Å². The molecule has 5 aromatic rings. The molecule has 0 amide bonds. The van der Waals surface area contributed by atoms with Crippen LogP contribution < -0.4 is 15.5 Å². The lowest BCUT2D eigenvalue weighted by atomic mass is 9.91. The monoisotopic (exact) mass is 490 g/mol. The number of hydrogen-bond donors (Lipinski definition) is 3. The van der Waals surface area contributed by atoms with Gasteiger partial charge in [-0.3, -0.25) is 0 Å². The van der Waals surface area contributed by atoms with Crippen LogP contribution >= 0.6 is 0 Å². The number of nitrogens with zero attached hydrogens (tertiary/aromatic N) is 3. The van der Waals surface area contributed by atoms with Gasteiger partial charge in [0.25, 0.3) is 0 Å². The second-order valence-corrected chi connectivity index (χ2v) is 10.2. The quantitative estimate of drug-likeness (QED) is 0.248. The van der Waals surface area contributed by atoms with Crippen molar-refractivity contribution in [1.82, 2.24) is 20.3 Å². The average molecular weight is 491 g/mol. The maximum Gasteiger partial charge on any atom is 0.225 e. The Morgan fingerprint density at radius 1 is 0.784 bits per heavy atom. The van der Waals surface area contributed by atoms with Crippen molar-refractivity contribution in [2.75, 3.05) is 24.3 Å². The van der Waals surface area contributed by atoms with Crippen LogP contribution in [0.3, 0.4) is 0 Å². The summed E-state index contributed by atoms with van der Waals surface area (Å²) < 4.78 is 0. The van der Waals surface area contributed by atoms with Gasteiger partial charge >= 0.3 is 0 Å². The lowest BCUT2D eigenvalue weighted by Gasteiger charge is -2.30. The molecule has 2 heterocycles. The molecule has 0 bridgehead atoms. The molecule has 6 nitrogen and oxygen atoms in total. The average Bonchev–Trinajstić information content (AvgIpc) is 3.31. The normalized spacial score (nSPS) is 17.8. The Bertz CT molecular complexity index is 1500. The van der Waals surface area contributed by atoms with E-state index in [9.17, 15) is 0 Å². The molecule has 0 aliphatic heterocycles. The Morgan fingerprint density at radius 2 is 1.46 bits per heavy atom. The zero-order valence-corrected chi connectivity index (χ0v) is 21.5. The Kier molecular flexibility index (Phi) is 6.49. The van der Waals surface area contributed by atoms with Gasteiger partial charge in [0, 0.05) is 49.0 Å². The SMILES string of the molecule is CN(C)c1nc(N[C@H]2CC[C@@H](NCc3c(-c4ccccc4)[nH]c4ccccc34)CC2)nc2ccccc12. The molecule has 3 N–H and O–H groups in total. The first kappa shape index (κ1) is 23.5. The minimum Gasteiger partial charge on any atom is -0.362 e. The molecule has 188 valence electrons. The zero-order chi connectivity index (χ0) is 25.2. The van der Waals surface area contributed by atoms with Gasteiger partial charge in [0.2, 0.25) is 5.95 Å². The van der Waals surface area contributed by atoms with E-state index in [1.807, 2.05) is 26.2 Å². The first-order valence-electron chi connectivity index (χ1n) is 13.2. The Labute approximate surface area is 218 Å². The number of anilines is 2. The smallest absolute Gasteiger partial charge is 0.225 e. The van der Waals surface area contributed by atoms with Crippen molar-refractivity contribution in [2.45, 2.75) is 44.3 Å². The molecular weight excluding hydrogens is 456 g/mol. The van der Waals surface area contributed by atoms with Crippen molar-refractivity contribution in [3.05, 3.63) is 84.4 Å². The van der Waals surface area contributed by atoms with Gasteiger partial charge in [-0.15, -0.1) is 0 Å². The van der Waals surface area contributed by atoms with E-state index in [4.69, 9.17) is 9.97 Å². The molecule has 37 heavy (non-hydrogen) atoms. The number of benzene rings is 3. The molecule has 0 unspecified atom stereocenters. The summed E-state index contributed by atoms with van der Waals surface area (Å²) in [6, 6.07) is 28.4. The topological polar surface area (TPSA) is 68.9 Å². The lowest BCUT2D eigenvalue weighted by Crippen LogP contribution is -2.37. The molecule has 6 rings (SSSR count). The fourth-order valence-electron chi connectivity index (χ4n) is 5.57. The van der Waals surface area contributed by atoms with Gasteiger partial charge in [0.1, 0.15) is 5.82 Å². The van der Waals surface area contributed by atoms with Crippen molar-refractivity contribution in [3.8, 4) is 11.3 Å². The van der Waals surface area contributed by atoms with E-state index < -0.39 is 0 Å². The van der Waals surface area contributed by atoms with Gasteiger partial charge in [-0.25, -0.2) is 4.98 Å². The van der Waals surface area contributed by atoms with Crippen molar-refractivity contribution in [1.29, 1.82) is 0 Å². The van der Waals surface area contributed by atoms with E-state index in [-0.39, 0.29) is 0 Å². The summed E-state index contributed by atoms with van der Waals surface area (Å²) in [7, 11) is 4.07. The van der Waals surface area contributed by atoms with Crippen LogP contribution in [0.1, 0.15) is 31.2 Å². The van der Waals surface area contributed by atoms with E-state index in [1.54, 1.807) is 0 Å². The molecule has 0 radical (unpaired) electrons. The van der Waals surface area contributed by atoms with Crippen LogP contribution in [0.25, 0.3) is 33.1 Å². The third kappa shape index (κ3) is 4.89. The standard InChI is InChI=1S/C31H34N6/c1-37(2)30-25-13-7-9-15-28(25)35-31(36-30)33-23-18-16-22(17-19-23)32-20-26-24-12-6-8-14-27(24)34-29(26)21-10-4-3-5-11-21/h3-15,22-23,32,34H,16-20H2,1-2H3,(H,33,35,36)/t22-,23+. The summed E-state index contributed by atoms with van der Waals surface area (Å²) >= 11 is 0. The number of hydrogen-bond acceptors (Lipinski definition) is 5. The molecule has 1 fully saturated rings. The van der Waals surface area contributed by atoms with Gasteiger partial charge in [-0.1, -0.05) is 60.7 Å². The van der Waals surface area contributed by atoms with Crippen molar-refractivity contribution in [3.63, 3.8) is 0 Å². The molecule has 3 aromatic carbocycles. The predicted molar refractivity (Wildman–Crippen MR) is 154 cm³/mol. The fourth-order valence-corrected chi connectivity index (χ4v) is 5.57. The summed E-state index contributed by atoms with van der Waals surface area (Å²) in [4.78, 5) is 15.4. The van der Waals surface area contributed by atoms with Crippen LogP contribution in [0.2, 0.25) is 0 Å². The van der Waals surface area contributed by atoms with Gasteiger partial charge in [0.15, 0.2) is 0 Å². The van der Waals surface area contributed by atoms with Crippen LogP contribution in [0.15, 0.2) is 78.9 Å². The second-order valence-electron chi connectivity index (χ2n) is 10.2. The summed E-state index contributed by atoms with van der Waals surface area (Å²) in [6.45, 7) is 0.858. The molecule has 0 spiro atoms. The highest BCUT2D eigenvalue weighted by atomic mass is 15.2. The number of para-hydroxylation sites is 2. The van der Waals surface area contributed by atoms with E-state index in [1.165, 1.54) is 27.7 Å². The lowest BCUT2D eigenvalue weighted by molar-refractivity contribution is 0.352. The fraction of sp³-hybridized carbons (Fsp3) is 0.290. The minimum absolute atomic E-state index is 0.391. The maximum atomic E-state index is 4.84. The highest BCUT2D eigenvalue weighted by Gasteiger charge is 2.23. The van der Waals surface area contributed by atoms with E-state index in [0.717, 1.165) is 54.9 Å². The third-order valence-electron chi connectivity index (χ3n) is 7.51. The number of H-pyrrole nitrogens is 1. The summed E-state index contributed by atoms with van der Waals surface area (Å²) in [6.07, 6.45) is 4.47. The molecule has 2 aromatic heterocycles. The molecule has 0 saturated heterocycles. The first-order valence-corrected chi connectivity index (χ1v) is 13.2. The molecule has 1 saturated carbocycles. The highest BCUT2D eigenvalue weighted by Crippen LogP contribution is 2.31. The van der Waals surface area contributed by atoms with Crippen LogP contribution in [0.5, 0.6) is 0 Å². The first-order chi connectivity index (χ1) is 18.2. The minimum atomic E-state index is 0.391. The summed E-state index contributed by atoms with van der Waals surface area (Å²) in [5.74, 6) is 1.68. The number of aromatic amines is 1.